The Morgan fingerprint density at radius 2 is 2.09 bits per heavy atom. The molecule has 1 aliphatic heterocycles. The van der Waals surface area contributed by atoms with Crippen LogP contribution >= 0.6 is 0 Å². The SMILES string of the molecule is N#CCC[C@@H](C#N)CN1C(=O)N[C@]2(CCc3ccccc32)C1=O. The minimum absolute atomic E-state index is 0.0345. The number of urea groups is 1. The number of nitrogens with one attached hydrogen (secondary N) is 1. The molecule has 2 atom stereocenters. The maximum Gasteiger partial charge on any atom is 0.325 e. The summed E-state index contributed by atoms with van der Waals surface area (Å²) < 4.78 is 0. The summed E-state index contributed by atoms with van der Waals surface area (Å²) in [7, 11) is 0. The van der Waals surface area contributed by atoms with Gasteiger partial charge in [-0.1, -0.05) is 24.3 Å². The van der Waals surface area contributed by atoms with E-state index in [0.717, 1.165) is 22.4 Å². The second-order valence-electron chi connectivity index (χ2n) is 5.93. The molecule has 1 spiro atoms. The van der Waals surface area contributed by atoms with Crippen LogP contribution in [0.4, 0.5) is 4.79 Å². The standard InChI is InChI=1S/C17H16N4O2/c18-9-3-4-12(10-19)11-21-15(22)17(20-16(21)23)8-7-13-5-1-2-6-14(13)17/h1-2,5-6,12H,3-4,7-8,11H2,(H,20,23)/t12-,17-/m0/s1. The first kappa shape index (κ1) is 15.1. The maximum absolute atomic E-state index is 12.9. The van der Waals surface area contributed by atoms with Crippen LogP contribution in [0.3, 0.4) is 0 Å². The van der Waals surface area contributed by atoms with Crippen LogP contribution in [0, 0.1) is 28.6 Å². The van der Waals surface area contributed by atoms with Gasteiger partial charge >= 0.3 is 6.03 Å². The molecule has 1 N–H and O–H groups in total. The van der Waals surface area contributed by atoms with Crippen LogP contribution in [0.5, 0.6) is 0 Å². The van der Waals surface area contributed by atoms with Gasteiger partial charge in [0.05, 0.1) is 18.1 Å². The van der Waals surface area contributed by atoms with Crippen molar-refractivity contribution in [2.24, 2.45) is 5.92 Å². The molecule has 23 heavy (non-hydrogen) atoms. The van der Waals surface area contributed by atoms with Gasteiger partial charge < -0.3 is 5.32 Å². The fourth-order valence-corrected chi connectivity index (χ4v) is 3.41. The highest BCUT2D eigenvalue weighted by Crippen LogP contribution is 2.41. The van der Waals surface area contributed by atoms with Gasteiger partial charge in [-0.2, -0.15) is 10.5 Å². The number of rotatable bonds is 4. The lowest BCUT2D eigenvalue weighted by Gasteiger charge is -2.22. The van der Waals surface area contributed by atoms with E-state index in [1.807, 2.05) is 30.3 Å². The van der Waals surface area contributed by atoms with E-state index in [1.54, 1.807) is 0 Å². The lowest BCUT2D eigenvalue weighted by Crippen LogP contribution is -2.42. The van der Waals surface area contributed by atoms with Crippen LogP contribution in [0.25, 0.3) is 0 Å². The molecule has 6 heteroatoms. The van der Waals surface area contributed by atoms with E-state index in [0.29, 0.717) is 12.8 Å². The number of amides is 3. The third-order valence-electron chi connectivity index (χ3n) is 4.61. The predicted octanol–water partition coefficient (Wildman–Crippen LogP) is 1.82. The maximum atomic E-state index is 12.9. The first-order valence-corrected chi connectivity index (χ1v) is 7.61. The summed E-state index contributed by atoms with van der Waals surface area (Å²) in [6, 6.07) is 11.2. The second-order valence-corrected chi connectivity index (χ2v) is 5.93. The Balaban J connectivity index is 1.85. The number of imide groups is 1. The summed E-state index contributed by atoms with van der Waals surface area (Å²) in [6.45, 7) is 0.0345. The van der Waals surface area contributed by atoms with Gasteiger partial charge in [-0.3, -0.25) is 9.69 Å². The Labute approximate surface area is 134 Å². The number of carbonyl (C=O) groups is 2. The lowest BCUT2D eigenvalue weighted by molar-refractivity contribution is -0.131. The number of nitrogens with zero attached hydrogens (tertiary/aromatic N) is 3. The van der Waals surface area contributed by atoms with E-state index in [4.69, 9.17) is 5.26 Å². The molecule has 6 nitrogen and oxygen atoms in total. The van der Waals surface area contributed by atoms with Crippen LogP contribution in [-0.4, -0.2) is 23.4 Å². The zero-order valence-corrected chi connectivity index (χ0v) is 12.6. The van der Waals surface area contributed by atoms with Gasteiger partial charge in [0, 0.05) is 13.0 Å². The average molecular weight is 308 g/mol. The summed E-state index contributed by atoms with van der Waals surface area (Å²) in [5.74, 6) is -0.805. The van der Waals surface area contributed by atoms with E-state index in [-0.39, 0.29) is 18.9 Å². The molecule has 0 saturated carbocycles. The Morgan fingerprint density at radius 1 is 1.30 bits per heavy atom. The molecular formula is C17H16N4O2. The molecule has 2 aliphatic rings. The average Bonchev–Trinajstić information content (AvgIpc) is 3.05. The van der Waals surface area contributed by atoms with Gasteiger partial charge in [0.15, 0.2) is 0 Å². The van der Waals surface area contributed by atoms with Gasteiger partial charge in [-0.15, -0.1) is 0 Å². The summed E-state index contributed by atoms with van der Waals surface area (Å²) in [6.07, 6.45) is 1.87. The zero-order chi connectivity index (χ0) is 16.4. The van der Waals surface area contributed by atoms with Gasteiger partial charge in [0.1, 0.15) is 5.54 Å². The molecule has 1 heterocycles. The fraction of sp³-hybridized carbons (Fsp3) is 0.412. The minimum atomic E-state index is -0.983. The van der Waals surface area contributed by atoms with Crippen LogP contribution in [0.15, 0.2) is 24.3 Å². The Kier molecular flexibility index (Phi) is 3.75. The van der Waals surface area contributed by atoms with Gasteiger partial charge in [0.25, 0.3) is 5.91 Å². The van der Waals surface area contributed by atoms with E-state index in [2.05, 4.69) is 11.4 Å². The van der Waals surface area contributed by atoms with Crippen LogP contribution < -0.4 is 5.32 Å². The molecule has 1 aromatic rings. The fourth-order valence-electron chi connectivity index (χ4n) is 3.41. The largest absolute Gasteiger partial charge is 0.325 e. The summed E-state index contributed by atoms with van der Waals surface area (Å²) in [4.78, 5) is 26.3. The number of nitriles is 2. The number of benzene rings is 1. The van der Waals surface area contributed by atoms with Crippen molar-refractivity contribution < 1.29 is 9.59 Å². The topological polar surface area (TPSA) is 97.0 Å². The first-order chi connectivity index (χ1) is 11.1. The third kappa shape index (κ3) is 2.33. The molecule has 3 amide bonds. The highest BCUT2D eigenvalue weighted by Gasteiger charge is 2.55. The van der Waals surface area contributed by atoms with Crippen molar-refractivity contribution in [3.63, 3.8) is 0 Å². The van der Waals surface area contributed by atoms with E-state index < -0.39 is 17.5 Å². The molecule has 0 aromatic heterocycles. The molecule has 1 aliphatic carbocycles. The molecule has 0 unspecified atom stereocenters. The molecule has 116 valence electrons. The van der Waals surface area contributed by atoms with E-state index in [9.17, 15) is 14.9 Å². The quantitative estimate of drug-likeness (QED) is 0.858. The normalized spacial score (nSPS) is 23.3. The third-order valence-corrected chi connectivity index (χ3v) is 4.61. The minimum Gasteiger partial charge on any atom is -0.319 e. The Morgan fingerprint density at radius 3 is 2.83 bits per heavy atom. The lowest BCUT2D eigenvalue weighted by atomic mass is 9.91. The van der Waals surface area contributed by atoms with Crippen LogP contribution in [-0.2, 0) is 16.8 Å². The molecule has 1 fully saturated rings. The Hall–Kier alpha value is -2.86. The predicted molar refractivity (Wildman–Crippen MR) is 80.6 cm³/mol. The second kappa shape index (κ2) is 5.73. The Bertz CT molecular complexity index is 746. The number of aryl methyl sites for hydroxylation is 1. The highest BCUT2D eigenvalue weighted by atomic mass is 16.2. The number of hydrogen-bond acceptors (Lipinski definition) is 4. The van der Waals surface area contributed by atoms with Crippen molar-refractivity contribution in [2.45, 2.75) is 31.2 Å². The van der Waals surface area contributed by atoms with Crippen molar-refractivity contribution in [3.8, 4) is 12.1 Å². The number of carbonyl (C=O) groups excluding carboxylic acids is 2. The highest BCUT2D eigenvalue weighted by molar-refractivity contribution is 6.08. The molecule has 0 radical (unpaired) electrons. The molecule has 1 aromatic carbocycles. The molecule has 1 saturated heterocycles. The monoisotopic (exact) mass is 308 g/mol. The van der Waals surface area contributed by atoms with E-state index in [1.165, 1.54) is 0 Å². The molecular weight excluding hydrogens is 292 g/mol. The van der Waals surface area contributed by atoms with Crippen LogP contribution in [0.2, 0.25) is 0 Å². The van der Waals surface area contributed by atoms with Crippen molar-refractivity contribution in [1.82, 2.24) is 10.2 Å². The number of fused-ring (bicyclic) bond motifs is 2. The van der Waals surface area contributed by atoms with Gasteiger partial charge in [0.2, 0.25) is 0 Å². The zero-order valence-electron chi connectivity index (χ0n) is 12.6. The smallest absolute Gasteiger partial charge is 0.319 e. The van der Waals surface area contributed by atoms with Crippen LogP contribution in [0.1, 0.15) is 30.4 Å². The first-order valence-electron chi connectivity index (χ1n) is 7.61. The summed E-state index contributed by atoms with van der Waals surface area (Å²) in [5, 5.41) is 20.6. The molecule has 0 bridgehead atoms. The van der Waals surface area contributed by atoms with E-state index >= 15 is 0 Å². The molecule has 3 rings (SSSR count). The van der Waals surface area contributed by atoms with Crippen molar-refractivity contribution >= 4 is 11.9 Å². The summed E-state index contributed by atoms with van der Waals surface area (Å²) in [5.41, 5.74) is 0.943. The number of hydrogen-bond donors (Lipinski definition) is 1. The van der Waals surface area contributed by atoms with Crippen molar-refractivity contribution in [1.29, 1.82) is 10.5 Å². The van der Waals surface area contributed by atoms with Crippen molar-refractivity contribution in [3.05, 3.63) is 35.4 Å². The summed E-state index contributed by atoms with van der Waals surface area (Å²) >= 11 is 0. The van der Waals surface area contributed by atoms with Crippen molar-refractivity contribution in [2.75, 3.05) is 6.54 Å². The van der Waals surface area contributed by atoms with Gasteiger partial charge in [-0.25, -0.2) is 4.79 Å². The van der Waals surface area contributed by atoms with Gasteiger partial charge in [-0.05, 0) is 30.4 Å².